The Balaban J connectivity index is 1.65. The molecule has 0 unspecified atom stereocenters. The molecule has 0 aliphatic heterocycles. The predicted octanol–water partition coefficient (Wildman–Crippen LogP) is 4.34. The van der Waals surface area contributed by atoms with Crippen molar-refractivity contribution in [2.45, 2.75) is 38.8 Å². The third-order valence-electron chi connectivity index (χ3n) is 4.43. The highest BCUT2D eigenvalue weighted by Crippen LogP contribution is 2.21. The first-order valence-corrected chi connectivity index (χ1v) is 10.1. The number of nitrogens with zero attached hydrogens (tertiary/aromatic N) is 2. The quantitative estimate of drug-likeness (QED) is 0.593. The van der Waals surface area contributed by atoms with Crippen molar-refractivity contribution in [3.8, 4) is 0 Å². The molecule has 0 aliphatic rings. The lowest BCUT2D eigenvalue weighted by molar-refractivity contribution is -0.122. The average molecular weight is 463 g/mol. The average Bonchev–Trinajstić information content (AvgIpc) is 2.63. The molecule has 0 aliphatic carbocycles. The van der Waals surface area contributed by atoms with Gasteiger partial charge in [-0.05, 0) is 50.1 Å². The lowest BCUT2D eigenvalue weighted by Crippen LogP contribution is -2.45. The van der Waals surface area contributed by atoms with E-state index in [-0.39, 0.29) is 24.4 Å². The van der Waals surface area contributed by atoms with Crippen molar-refractivity contribution < 1.29 is 4.79 Å². The first-order valence-electron chi connectivity index (χ1n) is 8.94. The monoisotopic (exact) mass is 461 g/mol. The first-order chi connectivity index (χ1) is 13.2. The van der Waals surface area contributed by atoms with E-state index >= 15 is 0 Å². The van der Waals surface area contributed by atoms with Crippen LogP contribution in [-0.4, -0.2) is 21.0 Å². The van der Waals surface area contributed by atoms with Crippen LogP contribution < -0.4 is 10.9 Å². The van der Waals surface area contributed by atoms with Gasteiger partial charge in [0.2, 0.25) is 5.91 Å². The second-order valence-corrected chi connectivity index (χ2v) is 8.68. The zero-order chi connectivity index (χ0) is 20.3. The van der Waals surface area contributed by atoms with Gasteiger partial charge in [0, 0.05) is 28.0 Å². The molecular formula is C21H21BrClN3O2. The Morgan fingerprint density at radius 1 is 1.25 bits per heavy atom. The molecule has 146 valence electrons. The largest absolute Gasteiger partial charge is 0.351 e. The van der Waals surface area contributed by atoms with Crippen molar-refractivity contribution in [3.05, 3.63) is 74.2 Å². The van der Waals surface area contributed by atoms with Crippen molar-refractivity contribution >= 4 is 44.3 Å². The zero-order valence-corrected chi connectivity index (χ0v) is 18.0. The van der Waals surface area contributed by atoms with E-state index in [4.69, 9.17) is 11.6 Å². The maximum absolute atomic E-state index is 12.6. The van der Waals surface area contributed by atoms with Crippen molar-refractivity contribution in [1.29, 1.82) is 0 Å². The first kappa shape index (κ1) is 20.6. The smallest absolute Gasteiger partial charge is 0.261 e. The van der Waals surface area contributed by atoms with Gasteiger partial charge >= 0.3 is 0 Å². The molecule has 0 atom stereocenters. The Morgan fingerprint density at radius 2 is 2.00 bits per heavy atom. The van der Waals surface area contributed by atoms with Crippen LogP contribution in [0.15, 0.2) is 58.1 Å². The Bertz CT molecular complexity index is 1080. The summed E-state index contributed by atoms with van der Waals surface area (Å²) in [7, 11) is 0. The molecule has 0 saturated heterocycles. The number of rotatable bonds is 6. The van der Waals surface area contributed by atoms with Crippen LogP contribution in [0.1, 0.15) is 25.8 Å². The van der Waals surface area contributed by atoms with E-state index in [0.29, 0.717) is 22.3 Å². The van der Waals surface area contributed by atoms with Crippen LogP contribution in [0.5, 0.6) is 0 Å². The molecule has 1 aromatic heterocycles. The summed E-state index contributed by atoms with van der Waals surface area (Å²) in [6.45, 7) is 4.17. The lowest BCUT2D eigenvalue weighted by atomic mass is 9.94. The molecule has 3 aromatic rings. The molecule has 5 nitrogen and oxygen atoms in total. The fourth-order valence-electron chi connectivity index (χ4n) is 3.11. The maximum atomic E-state index is 12.6. The molecule has 3 rings (SSSR count). The third-order valence-corrected chi connectivity index (χ3v) is 5.30. The van der Waals surface area contributed by atoms with E-state index in [9.17, 15) is 9.59 Å². The predicted molar refractivity (Wildman–Crippen MR) is 116 cm³/mol. The molecule has 0 spiro atoms. The molecule has 0 fully saturated rings. The van der Waals surface area contributed by atoms with Gasteiger partial charge in [0.1, 0.15) is 0 Å². The summed E-state index contributed by atoms with van der Waals surface area (Å²) in [4.78, 5) is 29.4. The second-order valence-electron chi connectivity index (χ2n) is 7.35. The third kappa shape index (κ3) is 5.00. The minimum Gasteiger partial charge on any atom is -0.351 e. The van der Waals surface area contributed by atoms with Crippen molar-refractivity contribution in [2.75, 3.05) is 0 Å². The minimum atomic E-state index is -0.459. The van der Waals surface area contributed by atoms with Crippen LogP contribution in [0.4, 0.5) is 0 Å². The molecule has 0 bridgehead atoms. The van der Waals surface area contributed by atoms with E-state index in [1.165, 1.54) is 10.9 Å². The SMILES string of the molecule is CC(C)(Cc1ccccc1Cl)NC(=O)CCn1cnc2ccc(Br)cc2c1=O. The van der Waals surface area contributed by atoms with Crippen molar-refractivity contribution in [3.63, 3.8) is 0 Å². The van der Waals surface area contributed by atoms with Gasteiger partial charge in [0.15, 0.2) is 0 Å². The lowest BCUT2D eigenvalue weighted by Gasteiger charge is -2.27. The number of aromatic nitrogens is 2. The minimum absolute atomic E-state index is 0.127. The number of nitrogens with one attached hydrogen (secondary N) is 1. The molecule has 0 saturated carbocycles. The summed E-state index contributed by atoms with van der Waals surface area (Å²) >= 11 is 9.59. The van der Waals surface area contributed by atoms with Gasteiger partial charge in [0.05, 0.1) is 17.2 Å². The summed E-state index contributed by atoms with van der Waals surface area (Å²) in [5, 5.41) is 4.24. The number of hydrogen-bond donors (Lipinski definition) is 1. The van der Waals surface area contributed by atoms with Gasteiger partial charge < -0.3 is 5.32 Å². The number of carbonyl (C=O) groups is 1. The Labute approximate surface area is 176 Å². The van der Waals surface area contributed by atoms with Crippen LogP contribution in [0.25, 0.3) is 10.9 Å². The topological polar surface area (TPSA) is 64.0 Å². The number of aryl methyl sites for hydroxylation is 1. The molecule has 7 heteroatoms. The molecule has 0 radical (unpaired) electrons. The Hall–Kier alpha value is -2.18. The fourth-order valence-corrected chi connectivity index (χ4v) is 3.68. The Kier molecular flexibility index (Phi) is 6.20. The van der Waals surface area contributed by atoms with Crippen LogP contribution in [0.2, 0.25) is 5.02 Å². The zero-order valence-electron chi connectivity index (χ0n) is 15.7. The van der Waals surface area contributed by atoms with E-state index in [1.807, 2.05) is 44.2 Å². The van der Waals surface area contributed by atoms with E-state index < -0.39 is 5.54 Å². The number of halogens is 2. The number of benzene rings is 2. The molecule has 1 heterocycles. The molecular weight excluding hydrogens is 442 g/mol. The van der Waals surface area contributed by atoms with Crippen molar-refractivity contribution in [2.24, 2.45) is 0 Å². The maximum Gasteiger partial charge on any atom is 0.261 e. The number of carbonyl (C=O) groups excluding carboxylic acids is 1. The van der Waals surface area contributed by atoms with Crippen LogP contribution in [0.3, 0.4) is 0 Å². The van der Waals surface area contributed by atoms with Gasteiger partial charge in [-0.1, -0.05) is 45.7 Å². The number of amides is 1. The van der Waals surface area contributed by atoms with Gasteiger partial charge in [-0.3, -0.25) is 14.2 Å². The van der Waals surface area contributed by atoms with Crippen molar-refractivity contribution in [1.82, 2.24) is 14.9 Å². The number of fused-ring (bicyclic) bond motifs is 1. The molecule has 28 heavy (non-hydrogen) atoms. The standard InChI is InChI=1S/C21H21BrClN3O2/c1-21(2,12-14-5-3-4-6-17(14)23)25-19(27)9-10-26-13-24-18-8-7-15(22)11-16(18)20(26)28/h3-8,11,13H,9-10,12H2,1-2H3,(H,25,27). The van der Waals surface area contributed by atoms with Crippen LogP contribution in [-0.2, 0) is 17.8 Å². The highest BCUT2D eigenvalue weighted by Gasteiger charge is 2.22. The molecule has 2 aromatic carbocycles. The second kappa shape index (κ2) is 8.45. The summed E-state index contributed by atoms with van der Waals surface area (Å²) in [5.41, 5.74) is 0.999. The summed E-state index contributed by atoms with van der Waals surface area (Å²) in [6, 6.07) is 13.0. The highest BCUT2D eigenvalue weighted by atomic mass is 79.9. The van der Waals surface area contributed by atoms with Gasteiger partial charge in [-0.2, -0.15) is 0 Å². The van der Waals surface area contributed by atoms with Crippen LogP contribution >= 0.6 is 27.5 Å². The number of hydrogen-bond acceptors (Lipinski definition) is 3. The normalized spacial score (nSPS) is 11.6. The molecule has 1 amide bonds. The van der Waals surface area contributed by atoms with E-state index in [0.717, 1.165) is 10.0 Å². The van der Waals surface area contributed by atoms with Gasteiger partial charge in [-0.15, -0.1) is 0 Å². The summed E-state index contributed by atoms with van der Waals surface area (Å²) in [6.07, 6.45) is 2.29. The molecule has 1 N–H and O–H groups in total. The summed E-state index contributed by atoms with van der Waals surface area (Å²) < 4.78 is 2.28. The highest BCUT2D eigenvalue weighted by molar-refractivity contribution is 9.10. The van der Waals surface area contributed by atoms with E-state index in [2.05, 4.69) is 26.2 Å². The summed E-state index contributed by atoms with van der Waals surface area (Å²) in [5.74, 6) is -0.127. The van der Waals surface area contributed by atoms with Crippen LogP contribution in [0, 0.1) is 0 Å². The Morgan fingerprint density at radius 3 is 2.75 bits per heavy atom. The van der Waals surface area contributed by atoms with E-state index in [1.54, 1.807) is 12.1 Å². The fraction of sp³-hybridized carbons (Fsp3) is 0.286. The van der Waals surface area contributed by atoms with Gasteiger partial charge in [0.25, 0.3) is 5.56 Å². The van der Waals surface area contributed by atoms with Gasteiger partial charge in [-0.25, -0.2) is 4.98 Å².